The van der Waals surface area contributed by atoms with Crippen molar-refractivity contribution in [3.8, 4) is 0 Å². The second kappa shape index (κ2) is 10.6. The molecule has 0 N–H and O–H groups in total. The van der Waals surface area contributed by atoms with Gasteiger partial charge in [0.1, 0.15) is 18.2 Å². The predicted molar refractivity (Wildman–Crippen MR) is 153 cm³/mol. The Kier molecular flexibility index (Phi) is 6.64. The van der Waals surface area contributed by atoms with Crippen LogP contribution in [0.1, 0.15) is 36.4 Å². The fourth-order valence-corrected chi connectivity index (χ4v) is 6.36. The molecule has 9 nitrogen and oxygen atoms in total. The SMILES string of the molecule is O=C1[C@@H]2[C@@H](N=NN2CC(=O)N2N=C3/C(=C\c4ccc(F)cc4)CCC[C@@H]3[C@@H]2c2ccc(F)cc2)C(=O)N1c1ccccc1. The Hall–Kier alpha value is -5.06. The standard InChI is InChI=1S/C32H26F2N6O3/c33-22-13-9-19(10-14-22)17-21-5-4-8-25-27(21)36-40(29(25)20-11-15-23(34)16-12-20)26(41)18-38-30-28(35-37-38)31(42)39(32(30)43)24-6-2-1-3-7-24/h1-3,6-7,9-17,25,28-30H,4-5,8,18H2/b21-17-/t25-,28+,29-,30-/m0/s1. The summed E-state index contributed by atoms with van der Waals surface area (Å²) in [5.74, 6) is -2.29. The van der Waals surface area contributed by atoms with Crippen LogP contribution in [0.3, 0.4) is 0 Å². The minimum absolute atomic E-state index is 0.147. The minimum atomic E-state index is -1.04. The van der Waals surface area contributed by atoms with E-state index in [1.807, 2.05) is 6.08 Å². The molecule has 2 fully saturated rings. The zero-order valence-electron chi connectivity index (χ0n) is 22.9. The molecule has 216 valence electrons. The van der Waals surface area contributed by atoms with Gasteiger partial charge in [0.15, 0.2) is 12.1 Å². The fourth-order valence-electron chi connectivity index (χ4n) is 6.36. The van der Waals surface area contributed by atoms with E-state index in [9.17, 15) is 23.2 Å². The molecule has 7 rings (SSSR count). The summed E-state index contributed by atoms with van der Waals surface area (Å²) in [5.41, 5.74) is 3.67. The second-order valence-corrected chi connectivity index (χ2v) is 11.0. The lowest BCUT2D eigenvalue weighted by Crippen LogP contribution is -2.45. The van der Waals surface area contributed by atoms with Crippen molar-refractivity contribution < 1.29 is 23.2 Å². The van der Waals surface area contributed by atoms with Crippen LogP contribution in [0.2, 0.25) is 0 Å². The van der Waals surface area contributed by atoms with Crippen LogP contribution in [-0.4, -0.2) is 52.1 Å². The molecule has 43 heavy (non-hydrogen) atoms. The lowest BCUT2D eigenvalue weighted by Gasteiger charge is -2.30. The highest BCUT2D eigenvalue weighted by Crippen LogP contribution is 2.45. The van der Waals surface area contributed by atoms with Crippen LogP contribution in [0, 0.1) is 17.6 Å². The van der Waals surface area contributed by atoms with Crippen molar-refractivity contribution in [3.05, 3.63) is 107 Å². The summed E-state index contributed by atoms with van der Waals surface area (Å²) in [7, 11) is 0. The van der Waals surface area contributed by atoms with Crippen LogP contribution in [0.25, 0.3) is 6.08 Å². The average Bonchev–Trinajstić information content (AvgIpc) is 3.68. The lowest BCUT2D eigenvalue weighted by molar-refractivity contribution is -0.136. The molecular formula is C32H26F2N6O3. The van der Waals surface area contributed by atoms with Gasteiger partial charge in [0.05, 0.1) is 17.4 Å². The number of amides is 3. The maximum absolute atomic E-state index is 14.0. The van der Waals surface area contributed by atoms with E-state index in [1.54, 1.807) is 54.6 Å². The Bertz CT molecular complexity index is 1690. The number of para-hydroxylation sites is 1. The molecule has 3 aromatic rings. The minimum Gasteiger partial charge on any atom is -0.271 e. The molecule has 0 aromatic heterocycles. The maximum Gasteiger partial charge on any atom is 0.264 e. The maximum atomic E-state index is 14.0. The Morgan fingerprint density at radius 3 is 2.30 bits per heavy atom. The number of halogens is 2. The normalized spacial score (nSPS) is 25.4. The lowest BCUT2D eigenvalue weighted by atomic mass is 9.77. The average molecular weight is 581 g/mol. The van der Waals surface area contributed by atoms with Crippen LogP contribution in [-0.2, 0) is 14.4 Å². The number of hydrogen-bond donors (Lipinski definition) is 0. The van der Waals surface area contributed by atoms with Crippen molar-refractivity contribution in [1.29, 1.82) is 0 Å². The summed E-state index contributed by atoms with van der Waals surface area (Å²) in [6.07, 6.45) is 4.31. The third kappa shape index (κ3) is 4.70. The first-order chi connectivity index (χ1) is 20.9. The van der Waals surface area contributed by atoms with E-state index < -0.39 is 41.7 Å². The first kappa shape index (κ1) is 26.8. The van der Waals surface area contributed by atoms with Crippen LogP contribution in [0.15, 0.2) is 99.9 Å². The predicted octanol–water partition coefficient (Wildman–Crippen LogP) is 5.08. The third-order valence-electron chi connectivity index (χ3n) is 8.35. The molecule has 1 saturated carbocycles. The number of allylic oxidation sites excluding steroid dienone is 1. The number of nitrogens with zero attached hydrogens (tertiary/aromatic N) is 6. The largest absolute Gasteiger partial charge is 0.271 e. The molecule has 4 atom stereocenters. The zero-order valence-corrected chi connectivity index (χ0v) is 22.9. The first-order valence-corrected chi connectivity index (χ1v) is 14.1. The molecule has 0 spiro atoms. The second-order valence-electron chi connectivity index (χ2n) is 11.0. The molecule has 0 unspecified atom stereocenters. The van der Waals surface area contributed by atoms with Crippen LogP contribution < -0.4 is 4.90 Å². The number of hydrogen-bond acceptors (Lipinski definition) is 7. The fraction of sp³-hybridized carbons (Fsp3) is 0.250. The van der Waals surface area contributed by atoms with Crippen molar-refractivity contribution in [3.63, 3.8) is 0 Å². The van der Waals surface area contributed by atoms with Gasteiger partial charge in [-0.15, -0.1) is 0 Å². The van der Waals surface area contributed by atoms with Gasteiger partial charge in [0.25, 0.3) is 17.7 Å². The van der Waals surface area contributed by atoms with Gasteiger partial charge in [-0.25, -0.2) is 18.7 Å². The van der Waals surface area contributed by atoms with Crippen LogP contribution >= 0.6 is 0 Å². The summed E-state index contributed by atoms with van der Waals surface area (Å²) < 4.78 is 27.4. The van der Waals surface area contributed by atoms with E-state index in [2.05, 4.69) is 10.3 Å². The highest BCUT2D eigenvalue weighted by molar-refractivity contribution is 6.25. The van der Waals surface area contributed by atoms with E-state index in [0.29, 0.717) is 5.69 Å². The van der Waals surface area contributed by atoms with E-state index in [1.165, 1.54) is 34.3 Å². The summed E-state index contributed by atoms with van der Waals surface area (Å²) in [6.45, 7) is -0.329. The highest BCUT2D eigenvalue weighted by Gasteiger charge is 2.55. The molecule has 1 saturated heterocycles. The molecule has 3 heterocycles. The smallest absolute Gasteiger partial charge is 0.264 e. The third-order valence-corrected chi connectivity index (χ3v) is 8.35. The molecule has 1 aliphatic carbocycles. The molecule has 0 radical (unpaired) electrons. The number of carbonyl (C=O) groups excluding carboxylic acids is 3. The van der Waals surface area contributed by atoms with Crippen molar-refractivity contribution >= 4 is 35.2 Å². The first-order valence-electron chi connectivity index (χ1n) is 14.1. The summed E-state index contributed by atoms with van der Waals surface area (Å²) >= 11 is 0. The summed E-state index contributed by atoms with van der Waals surface area (Å²) in [4.78, 5) is 41.5. The van der Waals surface area contributed by atoms with Gasteiger partial charge < -0.3 is 0 Å². The van der Waals surface area contributed by atoms with E-state index >= 15 is 0 Å². The topological polar surface area (TPSA) is 98.0 Å². The number of anilines is 1. The van der Waals surface area contributed by atoms with Crippen LogP contribution in [0.4, 0.5) is 14.5 Å². The van der Waals surface area contributed by atoms with Gasteiger partial charge >= 0.3 is 0 Å². The van der Waals surface area contributed by atoms with Gasteiger partial charge in [-0.05, 0) is 78.4 Å². The number of hydrazone groups is 1. The van der Waals surface area contributed by atoms with Crippen molar-refractivity contribution in [2.24, 2.45) is 21.4 Å². The van der Waals surface area contributed by atoms with Crippen molar-refractivity contribution in [2.45, 2.75) is 37.4 Å². The van der Waals surface area contributed by atoms with Gasteiger partial charge in [-0.2, -0.15) is 10.2 Å². The number of fused-ring (bicyclic) bond motifs is 2. The summed E-state index contributed by atoms with van der Waals surface area (Å²) in [5, 5.41) is 15.6. The van der Waals surface area contributed by atoms with Crippen molar-refractivity contribution in [1.82, 2.24) is 10.0 Å². The molecule has 0 bridgehead atoms. The number of rotatable bonds is 5. The number of benzene rings is 3. The van der Waals surface area contributed by atoms with Crippen LogP contribution in [0.5, 0.6) is 0 Å². The monoisotopic (exact) mass is 580 g/mol. The Morgan fingerprint density at radius 1 is 0.884 bits per heavy atom. The number of imide groups is 1. The van der Waals surface area contributed by atoms with E-state index in [0.717, 1.165) is 46.6 Å². The van der Waals surface area contributed by atoms with E-state index in [-0.39, 0.29) is 18.3 Å². The number of carbonyl (C=O) groups is 3. The Balaban J connectivity index is 1.19. The molecular weight excluding hydrogens is 554 g/mol. The molecule has 3 aliphatic heterocycles. The van der Waals surface area contributed by atoms with Gasteiger partial charge in [-0.3, -0.25) is 19.4 Å². The Morgan fingerprint density at radius 2 is 1.58 bits per heavy atom. The van der Waals surface area contributed by atoms with Gasteiger partial charge in [0, 0.05) is 5.92 Å². The zero-order chi connectivity index (χ0) is 29.7. The molecule has 3 amide bonds. The molecule has 4 aliphatic rings. The van der Waals surface area contributed by atoms with Crippen molar-refractivity contribution in [2.75, 3.05) is 11.4 Å². The summed E-state index contributed by atoms with van der Waals surface area (Å²) in [6, 6.07) is 18.2. The van der Waals surface area contributed by atoms with Gasteiger partial charge in [-0.1, -0.05) is 47.7 Å². The highest BCUT2D eigenvalue weighted by atomic mass is 19.1. The molecule has 3 aromatic carbocycles. The Labute approximate surface area is 245 Å². The molecule has 11 heteroatoms. The van der Waals surface area contributed by atoms with Gasteiger partial charge in [0.2, 0.25) is 0 Å². The van der Waals surface area contributed by atoms with E-state index in [4.69, 9.17) is 5.10 Å². The quantitative estimate of drug-likeness (QED) is 0.393.